The summed E-state index contributed by atoms with van der Waals surface area (Å²) >= 11 is 5.59. The summed E-state index contributed by atoms with van der Waals surface area (Å²) in [6.07, 6.45) is 1.46. The van der Waals surface area contributed by atoms with Crippen LogP contribution in [-0.4, -0.2) is 30.6 Å². The van der Waals surface area contributed by atoms with E-state index in [1.165, 1.54) is 16.9 Å². The number of hydrogen-bond donors (Lipinski definition) is 2. The molecule has 9 heteroatoms. The van der Waals surface area contributed by atoms with Crippen LogP contribution < -0.4 is 11.5 Å². The molecule has 0 unspecified atom stereocenters. The normalized spacial score (nSPS) is 10.3. The van der Waals surface area contributed by atoms with Gasteiger partial charge in [-0.25, -0.2) is 4.68 Å². The molecule has 0 saturated heterocycles. The number of aromatic nitrogens is 5. The Morgan fingerprint density at radius 2 is 2.12 bits per heavy atom. The van der Waals surface area contributed by atoms with E-state index in [4.69, 9.17) is 23.1 Å². The van der Waals surface area contributed by atoms with Crippen molar-refractivity contribution in [1.29, 1.82) is 0 Å². The third kappa shape index (κ3) is 1.91. The van der Waals surface area contributed by atoms with Gasteiger partial charge < -0.3 is 11.5 Å². The van der Waals surface area contributed by atoms with Gasteiger partial charge in [0, 0.05) is 6.20 Å². The summed E-state index contributed by atoms with van der Waals surface area (Å²) in [6, 6.07) is 1.43. The lowest BCUT2D eigenvalue weighted by molar-refractivity contribution is 0.0995. The number of nitrogens with two attached hydrogens (primary N) is 2. The molecule has 0 bridgehead atoms. The highest BCUT2D eigenvalue weighted by molar-refractivity contribution is 6.28. The zero-order chi connectivity index (χ0) is 11.7. The van der Waals surface area contributed by atoms with Crippen LogP contribution in [0.2, 0.25) is 5.28 Å². The van der Waals surface area contributed by atoms with Gasteiger partial charge in [0.1, 0.15) is 5.69 Å². The second-order valence-corrected chi connectivity index (χ2v) is 3.11. The van der Waals surface area contributed by atoms with E-state index < -0.39 is 5.91 Å². The molecule has 2 aromatic heterocycles. The molecule has 4 N–H and O–H groups in total. The summed E-state index contributed by atoms with van der Waals surface area (Å²) in [4.78, 5) is 22.0. The van der Waals surface area contributed by atoms with Crippen molar-refractivity contribution in [3.63, 3.8) is 0 Å². The van der Waals surface area contributed by atoms with Crippen LogP contribution in [0.5, 0.6) is 0 Å². The number of anilines is 1. The Labute approximate surface area is 94.3 Å². The fourth-order valence-electron chi connectivity index (χ4n) is 1.02. The van der Waals surface area contributed by atoms with Crippen molar-refractivity contribution in [2.24, 2.45) is 5.73 Å². The minimum Gasteiger partial charge on any atom is -0.368 e. The Morgan fingerprint density at radius 1 is 1.38 bits per heavy atom. The molecular formula is C7H6ClN7O. The van der Waals surface area contributed by atoms with Gasteiger partial charge in [-0.05, 0) is 17.7 Å². The van der Waals surface area contributed by atoms with Crippen molar-refractivity contribution >= 4 is 23.5 Å². The molecule has 0 aromatic carbocycles. The van der Waals surface area contributed by atoms with Gasteiger partial charge in [-0.2, -0.15) is 20.1 Å². The minimum atomic E-state index is -0.646. The molecule has 16 heavy (non-hydrogen) atoms. The third-order valence-electron chi connectivity index (χ3n) is 1.66. The number of carbonyl (C=O) groups excluding carboxylic acids is 1. The van der Waals surface area contributed by atoms with Crippen molar-refractivity contribution in [3.05, 3.63) is 23.2 Å². The first kappa shape index (κ1) is 10.3. The molecule has 2 heterocycles. The number of hydrogen-bond acceptors (Lipinski definition) is 6. The molecule has 0 atom stereocenters. The second-order valence-electron chi connectivity index (χ2n) is 2.77. The molecule has 2 aromatic rings. The lowest BCUT2D eigenvalue weighted by Crippen LogP contribution is -2.13. The third-order valence-corrected chi connectivity index (χ3v) is 1.83. The van der Waals surface area contributed by atoms with Crippen molar-refractivity contribution in [3.8, 4) is 5.95 Å². The maximum atomic E-state index is 10.8. The number of amides is 1. The molecule has 0 fully saturated rings. The summed E-state index contributed by atoms with van der Waals surface area (Å²) in [5.41, 5.74) is 10.5. The van der Waals surface area contributed by atoms with Crippen LogP contribution in [-0.2, 0) is 0 Å². The highest BCUT2D eigenvalue weighted by Crippen LogP contribution is 2.07. The largest absolute Gasteiger partial charge is 0.368 e. The summed E-state index contributed by atoms with van der Waals surface area (Å²) in [5.74, 6) is -0.567. The maximum absolute atomic E-state index is 10.8. The van der Waals surface area contributed by atoms with Crippen molar-refractivity contribution in [2.45, 2.75) is 0 Å². The van der Waals surface area contributed by atoms with Gasteiger partial charge in [0.25, 0.3) is 11.9 Å². The van der Waals surface area contributed by atoms with Gasteiger partial charge in [0.05, 0.1) is 0 Å². The predicted molar refractivity (Wildman–Crippen MR) is 54.9 cm³/mol. The molecule has 0 saturated carbocycles. The fourth-order valence-corrected chi connectivity index (χ4v) is 1.19. The van der Waals surface area contributed by atoms with Gasteiger partial charge in [-0.15, -0.1) is 0 Å². The Bertz CT molecular complexity index is 531. The average molecular weight is 240 g/mol. The summed E-state index contributed by atoms with van der Waals surface area (Å²) in [7, 11) is 0. The fraction of sp³-hybridized carbons (Fsp3) is 0. The first-order chi connectivity index (χ1) is 7.56. The van der Waals surface area contributed by atoms with E-state index in [0.717, 1.165) is 0 Å². The SMILES string of the molecule is NC(=O)c1ccn(-c2nc(N)nc(Cl)n2)n1. The monoisotopic (exact) mass is 239 g/mol. The van der Waals surface area contributed by atoms with Gasteiger partial charge in [-0.1, -0.05) is 0 Å². The number of nitrogen functional groups attached to an aromatic ring is 1. The van der Waals surface area contributed by atoms with Crippen LogP contribution in [0.15, 0.2) is 12.3 Å². The lowest BCUT2D eigenvalue weighted by Gasteiger charge is -1.99. The second kappa shape index (κ2) is 3.74. The minimum absolute atomic E-state index is 0.0360. The molecule has 8 nitrogen and oxygen atoms in total. The van der Waals surface area contributed by atoms with E-state index in [1.807, 2.05) is 0 Å². The van der Waals surface area contributed by atoms with Crippen LogP contribution in [0.4, 0.5) is 5.95 Å². The molecule has 1 amide bonds. The summed E-state index contributed by atoms with van der Waals surface area (Å²) in [5, 5.41) is 3.78. The Kier molecular flexibility index (Phi) is 2.41. The van der Waals surface area contributed by atoms with Crippen LogP contribution in [0.25, 0.3) is 5.95 Å². The molecule has 82 valence electrons. The average Bonchev–Trinajstić information content (AvgIpc) is 2.64. The number of carbonyl (C=O) groups is 1. The zero-order valence-electron chi connectivity index (χ0n) is 7.83. The van der Waals surface area contributed by atoms with E-state index in [0.29, 0.717) is 0 Å². The molecule has 2 rings (SSSR count). The highest BCUT2D eigenvalue weighted by Gasteiger charge is 2.09. The first-order valence-corrected chi connectivity index (χ1v) is 4.47. The van der Waals surface area contributed by atoms with Gasteiger partial charge in [0.2, 0.25) is 11.2 Å². The van der Waals surface area contributed by atoms with Gasteiger partial charge in [-0.3, -0.25) is 4.79 Å². The molecule has 0 aliphatic rings. The Balaban J connectivity index is 2.46. The topological polar surface area (TPSA) is 126 Å². The first-order valence-electron chi connectivity index (χ1n) is 4.09. The molecule has 0 spiro atoms. The Morgan fingerprint density at radius 3 is 2.69 bits per heavy atom. The van der Waals surface area contributed by atoms with Crippen LogP contribution in [0.3, 0.4) is 0 Å². The van der Waals surface area contributed by atoms with Crippen LogP contribution in [0, 0.1) is 0 Å². The van der Waals surface area contributed by atoms with E-state index in [2.05, 4.69) is 20.1 Å². The van der Waals surface area contributed by atoms with Crippen molar-refractivity contribution in [1.82, 2.24) is 24.7 Å². The number of nitrogens with zero attached hydrogens (tertiary/aromatic N) is 5. The van der Waals surface area contributed by atoms with E-state index in [1.54, 1.807) is 0 Å². The quantitative estimate of drug-likeness (QED) is 0.720. The number of rotatable bonds is 2. The lowest BCUT2D eigenvalue weighted by atomic mass is 10.4. The zero-order valence-corrected chi connectivity index (χ0v) is 8.59. The van der Waals surface area contributed by atoms with Gasteiger partial charge >= 0.3 is 0 Å². The maximum Gasteiger partial charge on any atom is 0.269 e. The summed E-state index contributed by atoms with van der Waals surface area (Å²) < 4.78 is 1.23. The van der Waals surface area contributed by atoms with Crippen molar-refractivity contribution in [2.75, 3.05) is 5.73 Å². The van der Waals surface area contributed by atoms with Crippen LogP contribution >= 0.6 is 11.6 Å². The molecular weight excluding hydrogens is 234 g/mol. The molecule has 0 aliphatic heterocycles. The number of halogens is 1. The molecule has 0 radical (unpaired) electrons. The van der Waals surface area contributed by atoms with Gasteiger partial charge in [0.15, 0.2) is 0 Å². The summed E-state index contributed by atoms with van der Waals surface area (Å²) in [6.45, 7) is 0. The molecule has 0 aliphatic carbocycles. The highest BCUT2D eigenvalue weighted by atomic mass is 35.5. The number of primary amides is 1. The van der Waals surface area contributed by atoms with E-state index >= 15 is 0 Å². The smallest absolute Gasteiger partial charge is 0.269 e. The van der Waals surface area contributed by atoms with Crippen LogP contribution in [0.1, 0.15) is 10.5 Å². The van der Waals surface area contributed by atoms with E-state index in [9.17, 15) is 4.79 Å². The standard InChI is InChI=1S/C7H6ClN7O/c8-5-11-6(10)13-7(12-5)15-2-1-3(14-15)4(9)16/h1-2H,(H2,9,16)(H2,10,11,12,13). The van der Waals surface area contributed by atoms with Crippen molar-refractivity contribution < 1.29 is 4.79 Å². The predicted octanol–water partition coefficient (Wildman–Crippen LogP) is -0.608. The Hall–Kier alpha value is -2.22. The van der Waals surface area contributed by atoms with E-state index in [-0.39, 0.29) is 22.9 Å².